The molecule has 1 aromatic heterocycles. The normalized spacial score (nSPS) is 10.1. The number of thiazole rings is 1. The quantitative estimate of drug-likeness (QED) is 0.749. The van der Waals surface area contributed by atoms with Gasteiger partial charge in [-0.3, -0.25) is 0 Å². The van der Waals surface area contributed by atoms with Crippen molar-refractivity contribution in [2.45, 2.75) is 6.92 Å². The Balaban J connectivity index is 2.39. The maximum Gasteiger partial charge on any atom is 0.337 e. The highest BCUT2D eigenvalue weighted by Crippen LogP contribution is 2.24. The van der Waals surface area contributed by atoms with Crippen molar-refractivity contribution in [3.8, 4) is 10.6 Å². The van der Waals surface area contributed by atoms with E-state index < -0.39 is 0 Å². The van der Waals surface area contributed by atoms with Crippen LogP contribution in [-0.2, 0) is 4.74 Å². The zero-order valence-electron chi connectivity index (χ0n) is 9.06. The fourth-order valence-electron chi connectivity index (χ4n) is 1.38. The van der Waals surface area contributed by atoms with Crippen LogP contribution in [0, 0.1) is 6.92 Å². The van der Waals surface area contributed by atoms with Crippen LogP contribution < -0.4 is 0 Å². The van der Waals surface area contributed by atoms with Crippen LogP contribution in [0.5, 0.6) is 0 Å². The maximum absolute atomic E-state index is 11.4. The van der Waals surface area contributed by atoms with Crippen molar-refractivity contribution in [2.24, 2.45) is 0 Å². The first-order chi connectivity index (χ1) is 7.70. The predicted octanol–water partition coefficient (Wildman–Crippen LogP) is 2.91. The third-order valence-corrected chi connectivity index (χ3v) is 3.16. The second-order valence-electron chi connectivity index (χ2n) is 3.37. The Hall–Kier alpha value is -1.68. The summed E-state index contributed by atoms with van der Waals surface area (Å²) < 4.78 is 4.68. The van der Waals surface area contributed by atoms with Gasteiger partial charge in [0.15, 0.2) is 0 Å². The van der Waals surface area contributed by atoms with Gasteiger partial charge in [0.2, 0.25) is 0 Å². The SMILES string of the molecule is COC(=O)c1cccc(-c2nc(C)cs2)c1. The van der Waals surface area contributed by atoms with E-state index in [2.05, 4.69) is 9.72 Å². The highest BCUT2D eigenvalue weighted by Gasteiger charge is 2.08. The Morgan fingerprint density at radius 2 is 2.25 bits per heavy atom. The molecule has 3 nitrogen and oxygen atoms in total. The minimum Gasteiger partial charge on any atom is -0.465 e. The number of ether oxygens (including phenoxy) is 1. The molecule has 0 saturated heterocycles. The molecule has 1 heterocycles. The lowest BCUT2D eigenvalue weighted by molar-refractivity contribution is 0.0601. The maximum atomic E-state index is 11.4. The van der Waals surface area contributed by atoms with Gasteiger partial charge < -0.3 is 4.74 Å². The molecular weight excluding hydrogens is 222 g/mol. The molecule has 2 rings (SSSR count). The molecule has 16 heavy (non-hydrogen) atoms. The van der Waals surface area contributed by atoms with Gasteiger partial charge in [0.1, 0.15) is 5.01 Å². The van der Waals surface area contributed by atoms with Crippen molar-refractivity contribution in [3.05, 3.63) is 40.9 Å². The molecule has 0 radical (unpaired) electrons. The molecule has 0 aliphatic rings. The van der Waals surface area contributed by atoms with Gasteiger partial charge in [-0.1, -0.05) is 12.1 Å². The molecular formula is C12H11NO2S. The fraction of sp³-hybridized carbons (Fsp3) is 0.167. The second kappa shape index (κ2) is 4.45. The summed E-state index contributed by atoms with van der Waals surface area (Å²) in [5, 5.41) is 2.91. The minimum absolute atomic E-state index is 0.324. The largest absolute Gasteiger partial charge is 0.465 e. The van der Waals surface area contributed by atoms with Gasteiger partial charge in [0.05, 0.1) is 12.7 Å². The number of carbonyl (C=O) groups is 1. The van der Waals surface area contributed by atoms with Gasteiger partial charge in [-0.15, -0.1) is 11.3 Å². The number of carbonyl (C=O) groups excluding carboxylic acids is 1. The molecule has 0 unspecified atom stereocenters. The summed E-state index contributed by atoms with van der Waals surface area (Å²) in [6, 6.07) is 7.29. The van der Waals surface area contributed by atoms with E-state index >= 15 is 0 Å². The number of nitrogens with zero attached hydrogens (tertiary/aromatic N) is 1. The number of rotatable bonds is 2. The number of methoxy groups -OCH3 is 1. The lowest BCUT2D eigenvalue weighted by Crippen LogP contribution is -2.00. The van der Waals surface area contributed by atoms with Crippen molar-refractivity contribution in [1.82, 2.24) is 4.98 Å². The molecule has 0 aliphatic heterocycles. The van der Waals surface area contributed by atoms with Crippen molar-refractivity contribution in [3.63, 3.8) is 0 Å². The molecule has 2 aromatic rings. The third-order valence-electron chi connectivity index (χ3n) is 2.15. The predicted molar refractivity (Wildman–Crippen MR) is 63.6 cm³/mol. The monoisotopic (exact) mass is 233 g/mol. The summed E-state index contributed by atoms with van der Waals surface area (Å²) in [4.78, 5) is 15.7. The Labute approximate surface area is 97.7 Å². The third kappa shape index (κ3) is 2.12. The molecule has 4 heteroatoms. The molecule has 0 aliphatic carbocycles. The molecule has 1 aromatic carbocycles. The van der Waals surface area contributed by atoms with Gasteiger partial charge >= 0.3 is 5.97 Å². The first kappa shape index (κ1) is 10.8. The number of benzene rings is 1. The summed E-state index contributed by atoms with van der Waals surface area (Å²) >= 11 is 1.57. The lowest BCUT2D eigenvalue weighted by Gasteiger charge is -2.01. The zero-order chi connectivity index (χ0) is 11.5. The summed E-state index contributed by atoms with van der Waals surface area (Å²) in [7, 11) is 1.38. The Kier molecular flexibility index (Phi) is 3.01. The standard InChI is InChI=1S/C12H11NO2S/c1-8-7-16-11(13-8)9-4-3-5-10(6-9)12(14)15-2/h3-7H,1-2H3. The van der Waals surface area contributed by atoms with Crippen LogP contribution in [0.1, 0.15) is 16.1 Å². The van der Waals surface area contributed by atoms with Crippen LogP contribution in [0.15, 0.2) is 29.6 Å². The summed E-state index contributed by atoms with van der Waals surface area (Å²) in [6.45, 7) is 1.95. The van der Waals surface area contributed by atoms with Crippen LogP contribution >= 0.6 is 11.3 Å². The smallest absolute Gasteiger partial charge is 0.337 e. The first-order valence-electron chi connectivity index (χ1n) is 4.81. The van der Waals surface area contributed by atoms with E-state index in [1.807, 2.05) is 24.4 Å². The summed E-state index contributed by atoms with van der Waals surface area (Å²) in [5.74, 6) is -0.324. The average molecular weight is 233 g/mol. The van der Waals surface area contributed by atoms with Crippen LogP contribution in [-0.4, -0.2) is 18.1 Å². The molecule has 0 amide bonds. The van der Waals surface area contributed by atoms with Crippen molar-refractivity contribution >= 4 is 17.3 Å². The highest BCUT2D eigenvalue weighted by atomic mass is 32.1. The van der Waals surface area contributed by atoms with Crippen LogP contribution in [0.25, 0.3) is 10.6 Å². The molecule has 0 spiro atoms. The van der Waals surface area contributed by atoms with Crippen molar-refractivity contribution in [2.75, 3.05) is 7.11 Å². The molecule has 0 atom stereocenters. The molecule has 0 bridgehead atoms. The van der Waals surface area contributed by atoms with E-state index in [4.69, 9.17) is 0 Å². The lowest BCUT2D eigenvalue weighted by atomic mass is 10.1. The topological polar surface area (TPSA) is 39.2 Å². The summed E-state index contributed by atoms with van der Waals surface area (Å²) in [5.41, 5.74) is 2.48. The van der Waals surface area contributed by atoms with Crippen molar-refractivity contribution in [1.29, 1.82) is 0 Å². The highest BCUT2D eigenvalue weighted by molar-refractivity contribution is 7.13. The number of aryl methyl sites for hydroxylation is 1. The molecule has 0 N–H and O–H groups in total. The second-order valence-corrected chi connectivity index (χ2v) is 4.22. The van der Waals surface area contributed by atoms with Crippen molar-refractivity contribution < 1.29 is 9.53 Å². The summed E-state index contributed by atoms with van der Waals surface area (Å²) in [6.07, 6.45) is 0. The first-order valence-corrected chi connectivity index (χ1v) is 5.69. The van der Waals surface area contributed by atoms with E-state index in [0.29, 0.717) is 5.56 Å². The van der Waals surface area contributed by atoms with E-state index in [1.54, 1.807) is 23.5 Å². The molecule has 82 valence electrons. The van der Waals surface area contributed by atoms with E-state index in [1.165, 1.54) is 7.11 Å². The minimum atomic E-state index is -0.324. The van der Waals surface area contributed by atoms with Gasteiger partial charge in [-0.25, -0.2) is 9.78 Å². The number of aromatic nitrogens is 1. The van der Waals surface area contributed by atoms with Gasteiger partial charge in [-0.05, 0) is 19.1 Å². The van der Waals surface area contributed by atoms with Gasteiger partial charge in [-0.2, -0.15) is 0 Å². The Morgan fingerprint density at radius 1 is 1.44 bits per heavy atom. The van der Waals surface area contributed by atoms with Gasteiger partial charge in [0.25, 0.3) is 0 Å². The van der Waals surface area contributed by atoms with Crippen LogP contribution in [0.3, 0.4) is 0 Å². The zero-order valence-corrected chi connectivity index (χ0v) is 9.88. The fourth-order valence-corrected chi connectivity index (χ4v) is 2.18. The number of hydrogen-bond donors (Lipinski definition) is 0. The molecule has 0 saturated carbocycles. The average Bonchev–Trinajstić information content (AvgIpc) is 2.75. The van der Waals surface area contributed by atoms with Crippen LogP contribution in [0.4, 0.5) is 0 Å². The van der Waals surface area contributed by atoms with E-state index in [-0.39, 0.29) is 5.97 Å². The number of esters is 1. The number of hydrogen-bond acceptors (Lipinski definition) is 4. The van der Waals surface area contributed by atoms with Gasteiger partial charge in [0, 0.05) is 16.6 Å². The van der Waals surface area contributed by atoms with E-state index in [0.717, 1.165) is 16.3 Å². The Bertz CT molecular complexity index is 519. The Morgan fingerprint density at radius 3 is 2.88 bits per heavy atom. The van der Waals surface area contributed by atoms with E-state index in [9.17, 15) is 4.79 Å². The van der Waals surface area contributed by atoms with Crippen LogP contribution in [0.2, 0.25) is 0 Å². The molecule has 0 fully saturated rings.